The molecule has 0 aliphatic carbocycles. The topological polar surface area (TPSA) is 29.5 Å². The van der Waals surface area contributed by atoms with Crippen LogP contribution in [0.2, 0.25) is 0 Å². The van der Waals surface area contributed by atoms with E-state index < -0.39 is 6.10 Å². The highest BCUT2D eigenvalue weighted by Crippen LogP contribution is 2.30. The van der Waals surface area contributed by atoms with Crippen LogP contribution in [0.5, 0.6) is 0 Å². The molecule has 0 aromatic heterocycles. The normalized spacial score (nSPS) is 15.0. The van der Waals surface area contributed by atoms with Gasteiger partial charge in [-0.1, -0.05) is 55.0 Å². The van der Waals surface area contributed by atoms with Crippen molar-refractivity contribution in [2.75, 3.05) is 6.61 Å². The maximum atomic E-state index is 10.4. The summed E-state index contributed by atoms with van der Waals surface area (Å²) >= 11 is 0. The van der Waals surface area contributed by atoms with Gasteiger partial charge in [-0.3, -0.25) is 0 Å². The standard InChI is InChI=1S/C19H28O2/c1-5-19(4,13-9-10-16(2)3)18(20)15-21-14-17-11-7-6-8-12-17/h5-8,10-12,18,20H,1,9,13-15H2,2-4H3/t18-,19+/m1/s1. The van der Waals surface area contributed by atoms with Gasteiger partial charge in [0.15, 0.2) is 0 Å². The highest BCUT2D eigenvalue weighted by Gasteiger charge is 2.29. The number of hydrogen-bond acceptors (Lipinski definition) is 2. The van der Waals surface area contributed by atoms with E-state index in [-0.39, 0.29) is 5.41 Å². The molecule has 0 bridgehead atoms. The van der Waals surface area contributed by atoms with E-state index in [1.807, 2.05) is 43.3 Å². The lowest BCUT2D eigenvalue weighted by atomic mass is 9.80. The van der Waals surface area contributed by atoms with Crippen molar-refractivity contribution in [3.63, 3.8) is 0 Å². The molecule has 116 valence electrons. The number of hydrogen-bond donors (Lipinski definition) is 1. The highest BCUT2D eigenvalue weighted by molar-refractivity contribution is 5.13. The van der Waals surface area contributed by atoms with Gasteiger partial charge >= 0.3 is 0 Å². The largest absolute Gasteiger partial charge is 0.390 e. The van der Waals surface area contributed by atoms with E-state index in [4.69, 9.17) is 4.74 Å². The molecule has 21 heavy (non-hydrogen) atoms. The third kappa shape index (κ3) is 6.28. The maximum absolute atomic E-state index is 10.4. The third-order valence-corrected chi connectivity index (χ3v) is 3.85. The van der Waals surface area contributed by atoms with Crippen LogP contribution in [0.15, 0.2) is 54.6 Å². The SMILES string of the molecule is C=C[C@@](C)(CCC=C(C)C)[C@H](O)COCc1ccccc1. The molecule has 0 aliphatic rings. The Morgan fingerprint density at radius 2 is 2.00 bits per heavy atom. The summed E-state index contributed by atoms with van der Waals surface area (Å²) in [6.45, 7) is 10.9. The number of aliphatic hydroxyl groups excluding tert-OH is 1. The molecule has 0 saturated carbocycles. The number of aliphatic hydroxyl groups is 1. The molecule has 0 heterocycles. The van der Waals surface area contributed by atoms with Gasteiger partial charge in [-0.15, -0.1) is 6.58 Å². The Bertz CT molecular complexity index is 446. The minimum absolute atomic E-state index is 0.317. The average Bonchev–Trinajstić information content (AvgIpc) is 2.47. The first-order valence-electron chi connectivity index (χ1n) is 7.54. The zero-order chi connectivity index (χ0) is 15.7. The monoisotopic (exact) mass is 288 g/mol. The number of ether oxygens (including phenoxy) is 1. The Labute approximate surface area is 129 Å². The molecule has 2 nitrogen and oxygen atoms in total. The molecule has 0 amide bonds. The van der Waals surface area contributed by atoms with Crippen LogP contribution in [-0.2, 0) is 11.3 Å². The smallest absolute Gasteiger partial charge is 0.0861 e. The zero-order valence-electron chi connectivity index (χ0n) is 13.5. The van der Waals surface area contributed by atoms with Crippen molar-refractivity contribution < 1.29 is 9.84 Å². The minimum Gasteiger partial charge on any atom is -0.390 e. The Hall–Kier alpha value is -1.38. The van der Waals surface area contributed by atoms with Crippen molar-refractivity contribution in [3.8, 4) is 0 Å². The summed E-state index contributed by atoms with van der Waals surface area (Å²) in [7, 11) is 0. The fraction of sp³-hybridized carbons (Fsp3) is 0.474. The summed E-state index contributed by atoms with van der Waals surface area (Å²) in [5.74, 6) is 0. The second-order valence-electron chi connectivity index (χ2n) is 6.05. The molecule has 0 unspecified atom stereocenters. The van der Waals surface area contributed by atoms with E-state index >= 15 is 0 Å². The zero-order valence-corrected chi connectivity index (χ0v) is 13.5. The lowest BCUT2D eigenvalue weighted by Gasteiger charge is -2.31. The van der Waals surface area contributed by atoms with Gasteiger partial charge in [0.1, 0.15) is 0 Å². The fourth-order valence-corrected chi connectivity index (χ4v) is 2.13. The Morgan fingerprint density at radius 3 is 2.57 bits per heavy atom. The van der Waals surface area contributed by atoms with Crippen LogP contribution in [0, 0.1) is 5.41 Å². The average molecular weight is 288 g/mol. The van der Waals surface area contributed by atoms with Gasteiger partial charge in [0.05, 0.1) is 19.3 Å². The molecule has 1 N–H and O–H groups in total. The molecule has 0 radical (unpaired) electrons. The molecular formula is C19H28O2. The molecule has 0 saturated heterocycles. The summed E-state index contributed by atoms with van der Waals surface area (Å²) in [6.07, 6.45) is 5.32. The van der Waals surface area contributed by atoms with Crippen molar-refractivity contribution in [2.45, 2.75) is 46.3 Å². The quantitative estimate of drug-likeness (QED) is 0.678. The van der Waals surface area contributed by atoms with Gasteiger partial charge in [0.2, 0.25) is 0 Å². The van der Waals surface area contributed by atoms with Crippen molar-refractivity contribution in [1.29, 1.82) is 0 Å². The first kappa shape index (κ1) is 17.7. The van der Waals surface area contributed by atoms with Crippen molar-refractivity contribution in [2.24, 2.45) is 5.41 Å². The molecule has 2 atom stereocenters. The van der Waals surface area contributed by atoms with E-state index in [2.05, 4.69) is 26.5 Å². The van der Waals surface area contributed by atoms with Crippen molar-refractivity contribution in [1.82, 2.24) is 0 Å². The number of benzene rings is 1. The predicted molar refractivity (Wildman–Crippen MR) is 89.1 cm³/mol. The lowest BCUT2D eigenvalue weighted by molar-refractivity contribution is -0.0242. The van der Waals surface area contributed by atoms with Crippen molar-refractivity contribution in [3.05, 3.63) is 60.2 Å². The fourth-order valence-electron chi connectivity index (χ4n) is 2.13. The van der Waals surface area contributed by atoms with Crippen LogP contribution < -0.4 is 0 Å². The molecule has 0 spiro atoms. The van der Waals surface area contributed by atoms with Crippen LogP contribution in [0.1, 0.15) is 39.2 Å². The Kier molecular flexibility index (Phi) is 7.41. The molecule has 1 aromatic rings. The van der Waals surface area contributed by atoms with Gasteiger partial charge < -0.3 is 9.84 Å². The maximum Gasteiger partial charge on any atom is 0.0861 e. The first-order valence-corrected chi connectivity index (χ1v) is 7.54. The van der Waals surface area contributed by atoms with Crippen LogP contribution >= 0.6 is 0 Å². The number of rotatable bonds is 9. The molecule has 1 rings (SSSR count). The van der Waals surface area contributed by atoms with Crippen LogP contribution in [-0.4, -0.2) is 17.8 Å². The van der Waals surface area contributed by atoms with E-state index in [9.17, 15) is 5.11 Å². The summed E-state index contributed by atoms with van der Waals surface area (Å²) in [5.41, 5.74) is 2.11. The number of allylic oxidation sites excluding steroid dienone is 2. The third-order valence-electron chi connectivity index (χ3n) is 3.85. The van der Waals surface area contributed by atoms with E-state index in [1.54, 1.807) is 0 Å². The molecule has 0 aliphatic heterocycles. The van der Waals surface area contributed by atoms with E-state index in [0.29, 0.717) is 13.2 Å². The summed E-state index contributed by atoms with van der Waals surface area (Å²) in [5, 5.41) is 10.4. The second kappa shape index (κ2) is 8.81. The van der Waals surface area contributed by atoms with E-state index in [0.717, 1.165) is 18.4 Å². The molecule has 1 aromatic carbocycles. The second-order valence-corrected chi connectivity index (χ2v) is 6.05. The van der Waals surface area contributed by atoms with Gasteiger partial charge in [0.25, 0.3) is 0 Å². The lowest BCUT2D eigenvalue weighted by Crippen LogP contribution is -2.34. The van der Waals surface area contributed by atoms with Gasteiger partial charge in [-0.2, -0.15) is 0 Å². The van der Waals surface area contributed by atoms with Gasteiger partial charge in [-0.25, -0.2) is 0 Å². The minimum atomic E-state index is -0.538. The van der Waals surface area contributed by atoms with E-state index in [1.165, 1.54) is 5.57 Å². The molecule has 0 fully saturated rings. The van der Waals surface area contributed by atoms with Gasteiger partial charge in [-0.05, 0) is 32.3 Å². The van der Waals surface area contributed by atoms with Crippen LogP contribution in [0.3, 0.4) is 0 Å². The Morgan fingerprint density at radius 1 is 1.33 bits per heavy atom. The summed E-state index contributed by atoms with van der Waals surface area (Å²) in [4.78, 5) is 0. The van der Waals surface area contributed by atoms with Crippen LogP contribution in [0.25, 0.3) is 0 Å². The predicted octanol–water partition coefficient (Wildman–Crippen LogP) is 4.50. The van der Waals surface area contributed by atoms with Crippen LogP contribution in [0.4, 0.5) is 0 Å². The highest BCUT2D eigenvalue weighted by atomic mass is 16.5. The summed E-state index contributed by atoms with van der Waals surface area (Å²) in [6, 6.07) is 10.0. The van der Waals surface area contributed by atoms with Gasteiger partial charge in [0, 0.05) is 5.41 Å². The first-order chi connectivity index (χ1) is 9.98. The Balaban J connectivity index is 2.44. The molecule has 2 heteroatoms. The molecular weight excluding hydrogens is 260 g/mol. The van der Waals surface area contributed by atoms with Crippen molar-refractivity contribution >= 4 is 0 Å². The summed E-state index contributed by atoms with van der Waals surface area (Å²) < 4.78 is 5.64.